The monoisotopic (exact) mass is 272 g/mol. The molecule has 106 valence electrons. The Morgan fingerprint density at radius 3 is 2.70 bits per heavy atom. The van der Waals surface area contributed by atoms with Crippen LogP contribution in [-0.4, -0.2) is 25.2 Å². The van der Waals surface area contributed by atoms with Crippen molar-refractivity contribution in [1.82, 2.24) is 10.3 Å². The smallest absolute Gasteiger partial charge is 0.213 e. The summed E-state index contributed by atoms with van der Waals surface area (Å²) in [4.78, 5) is 4.34. The van der Waals surface area contributed by atoms with Crippen LogP contribution >= 0.6 is 0 Å². The molecule has 0 amide bonds. The zero-order valence-corrected chi connectivity index (χ0v) is 11.7. The average molecular weight is 272 g/mol. The Hall–Kier alpha value is -2.07. The summed E-state index contributed by atoms with van der Waals surface area (Å²) in [5.74, 6) is 1.57. The van der Waals surface area contributed by atoms with E-state index in [1.54, 1.807) is 7.11 Å². The molecule has 0 saturated heterocycles. The van der Waals surface area contributed by atoms with Gasteiger partial charge in [-0.3, -0.25) is 0 Å². The van der Waals surface area contributed by atoms with Gasteiger partial charge in [-0.2, -0.15) is 0 Å². The van der Waals surface area contributed by atoms with Crippen molar-refractivity contribution < 1.29 is 9.47 Å². The van der Waals surface area contributed by atoms with Gasteiger partial charge in [-0.1, -0.05) is 24.3 Å². The summed E-state index contributed by atoms with van der Waals surface area (Å²) >= 11 is 0. The van der Waals surface area contributed by atoms with Crippen LogP contribution in [0.25, 0.3) is 0 Å². The minimum absolute atomic E-state index is 0.650. The maximum Gasteiger partial charge on any atom is 0.213 e. The number of aromatic nitrogens is 1. The normalized spacial score (nSPS) is 10.2. The number of nitrogens with one attached hydrogen (secondary N) is 1. The Labute approximate surface area is 119 Å². The number of hydrogen-bond donors (Lipinski definition) is 1. The Kier molecular flexibility index (Phi) is 5.86. The zero-order chi connectivity index (χ0) is 14.0. The van der Waals surface area contributed by atoms with Gasteiger partial charge in [-0.25, -0.2) is 4.98 Å². The van der Waals surface area contributed by atoms with E-state index in [9.17, 15) is 0 Å². The van der Waals surface area contributed by atoms with E-state index in [-0.39, 0.29) is 0 Å². The van der Waals surface area contributed by atoms with E-state index in [0.29, 0.717) is 12.5 Å². The number of methoxy groups -OCH3 is 1. The minimum atomic E-state index is 0.650. The topological polar surface area (TPSA) is 43.4 Å². The minimum Gasteiger partial charge on any atom is -0.494 e. The molecule has 0 aliphatic rings. The quantitative estimate of drug-likeness (QED) is 0.750. The van der Waals surface area contributed by atoms with E-state index < -0.39 is 0 Å². The van der Waals surface area contributed by atoms with Crippen LogP contribution in [0.2, 0.25) is 0 Å². The van der Waals surface area contributed by atoms with Crippen LogP contribution < -0.4 is 14.8 Å². The van der Waals surface area contributed by atoms with E-state index in [1.165, 1.54) is 0 Å². The van der Waals surface area contributed by atoms with Crippen molar-refractivity contribution in [2.75, 3.05) is 20.3 Å². The SMILES string of the molecule is COc1cccc(CNCCCOc2ccccc2)n1. The van der Waals surface area contributed by atoms with Gasteiger partial charge >= 0.3 is 0 Å². The van der Waals surface area contributed by atoms with Crippen LogP contribution in [0.5, 0.6) is 11.6 Å². The van der Waals surface area contributed by atoms with Gasteiger partial charge < -0.3 is 14.8 Å². The van der Waals surface area contributed by atoms with E-state index in [1.807, 2.05) is 48.5 Å². The molecule has 0 fully saturated rings. The second-order valence-electron chi connectivity index (χ2n) is 4.36. The summed E-state index contributed by atoms with van der Waals surface area (Å²) in [7, 11) is 1.63. The maximum atomic E-state index is 5.62. The molecule has 1 aromatic heterocycles. The highest BCUT2D eigenvalue weighted by Crippen LogP contribution is 2.08. The van der Waals surface area contributed by atoms with Gasteiger partial charge in [-0.05, 0) is 31.2 Å². The Morgan fingerprint density at radius 1 is 1.05 bits per heavy atom. The zero-order valence-electron chi connectivity index (χ0n) is 11.7. The van der Waals surface area contributed by atoms with Crippen molar-refractivity contribution >= 4 is 0 Å². The van der Waals surface area contributed by atoms with Gasteiger partial charge in [0.1, 0.15) is 5.75 Å². The number of ether oxygens (including phenoxy) is 2. The van der Waals surface area contributed by atoms with Crippen molar-refractivity contribution in [3.05, 3.63) is 54.2 Å². The number of benzene rings is 1. The lowest BCUT2D eigenvalue weighted by Crippen LogP contribution is -2.17. The molecule has 0 unspecified atom stereocenters. The van der Waals surface area contributed by atoms with Crippen molar-refractivity contribution in [3.8, 4) is 11.6 Å². The molecular weight excluding hydrogens is 252 g/mol. The molecule has 0 saturated carbocycles. The number of hydrogen-bond acceptors (Lipinski definition) is 4. The van der Waals surface area contributed by atoms with Crippen LogP contribution in [0.4, 0.5) is 0 Å². The molecule has 2 aromatic rings. The first-order chi connectivity index (χ1) is 9.88. The molecule has 0 spiro atoms. The van der Waals surface area contributed by atoms with Gasteiger partial charge in [-0.15, -0.1) is 0 Å². The molecule has 2 rings (SSSR count). The molecule has 0 aliphatic heterocycles. The highest BCUT2D eigenvalue weighted by molar-refractivity contribution is 5.20. The molecule has 0 radical (unpaired) electrons. The second kappa shape index (κ2) is 8.17. The van der Waals surface area contributed by atoms with Crippen LogP contribution in [-0.2, 0) is 6.54 Å². The van der Waals surface area contributed by atoms with Gasteiger partial charge in [0, 0.05) is 12.6 Å². The fourth-order valence-electron chi connectivity index (χ4n) is 1.79. The van der Waals surface area contributed by atoms with Crippen LogP contribution in [0.1, 0.15) is 12.1 Å². The molecular formula is C16H20N2O2. The summed E-state index contributed by atoms with van der Waals surface area (Å²) < 4.78 is 10.7. The van der Waals surface area contributed by atoms with Crippen LogP contribution in [0.3, 0.4) is 0 Å². The van der Waals surface area contributed by atoms with Gasteiger partial charge in [0.05, 0.1) is 19.4 Å². The third-order valence-corrected chi connectivity index (χ3v) is 2.81. The Morgan fingerprint density at radius 2 is 1.90 bits per heavy atom. The van der Waals surface area contributed by atoms with E-state index in [0.717, 1.165) is 31.0 Å². The molecule has 1 N–H and O–H groups in total. The lowest BCUT2D eigenvalue weighted by atomic mass is 10.3. The van der Waals surface area contributed by atoms with Gasteiger partial charge in [0.25, 0.3) is 0 Å². The van der Waals surface area contributed by atoms with Crippen LogP contribution in [0, 0.1) is 0 Å². The molecule has 0 atom stereocenters. The summed E-state index contributed by atoms with van der Waals surface area (Å²) in [6.45, 7) is 2.34. The van der Waals surface area contributed by atoms with E-state index in [2.05, 4.69) is 10.3 Å². The average Bonchev–Trinajstić information content (AvgIpc) is 2.52. The lowest BCUT2D eigenvalue weighted by Gasteiger charge is -2.07. The molecule has 4 heteroatoms. The number of para-hydroxylation sites is 1. The highest BCUT2D eigenvalue weighted by Gasteiger charge is 1.97. The lowest BCUT2D eigenvalue weighted by molar-refractivity contribution is 0.308. The highest BCUT2D eigenvalue weighted by atomic mass is 16.5. The standard InChI is InChI=1S/C16H20N2O2/c1-19-16-10-5-7-14(18-16)13-17-11-6-12-20-15-8-3-2-4-9-15/h2-5,7-10,17H,6,11-13H2,1H3. The second-order valence-corrected chi connectivity index (χ2v) is 4.36. The molecule has 1 heterocycles. The summed E-state index contributed by atoms with van der Waals surface area (Å²) in [6, 6.07) is 15.6. The first-order valence-electron chi connectivity index (χ1n) is 6.77. The maximum absolute atomic E-state index is 5.62. The molecule has 20 heavy (non-hydrogen) atoms. The molecule has 1 aromatic carbocycles. The fourth-order valence-corrected chi connectivity index (χ4v) is 1.79. The largest absolute Gasteiger partial charge is 0.494 e. The van der Waals surface area contributed by atoms with Gasteiger partial charge in [0.2, 0.25) is 5.88 Å². The number of pyridine rings is 1. The van der Waals surface area contributed by atoms with Crippen molar-refractivity contribution in [1.29, 1.82) is 0 Å². The number of rotatable bonds is 8. The first kappa shape index (κ1) is 14.3. The van der Waals surface area contributed by atoms with E-state index in [4.69, 9.17) is 9.47 Å². The molecule has 0 bridgehead atoms. The predicted octanol–water partition coefficient (Wildman–Crippen LogP) is 2.65. The summed E-state index contributed by atoms with van der Waals surface area (Å²) in [5, 5.41) is 3.34. The third kappa shape index (κ3) is 4.90. The third-order valence-electron chi connectivity index (χ3n) is 2.81. The summed E-state index contributed by atoms with van der Waals surface area (Å²) in [5.41, 5.74) is 0.980. The number of nitrogens with zero attached hydrogens (tertiary/aromatic N) is 1. The first-order valence-corrected chi connectivity index (χ1v) is 6.77. The summed E-state index contributed by atoms with van der Waals surface area (Å²) in [6.07, 6.45) is 0.957. The fraction of sp³-hybridized carbons (Fsp3) is 0.312. The molecule has 4 nitrogen and oxygen atoms in total. The van der Waals surface area contributed by atoms with Crippen molar-refractivity contribution in [2.45, 2.75) is 13.0 Å². The van der Waals surface area contributed by atoms with E-state index >= 15 is 0 Å². The van der Waals surface area contributed by atoms with Crippen molar-refractivity contribution in [3.63, 3.8) is 0 Å². The van der Waals surface area contributed by atoms with Crippen LogP contribution in [0.15, 0.2) is 48.5 Å². The van der Waals surface area contributed by atoms with Crippen molar-refractivity contribution in [2.24, 2.45) is 0 Å². The van der Waals surface area contributed by atoms with Gasteiger partial charge in [0.15, 0.2) is 0 Å². The predicted molar refractivity (Wildman–Crippen MR) is 79.0 cm³/mol. The Balaban J connectivity index is 1.59. The Bertz CT molecular complexity index is 503. The molecule has 0 aliphatic carbocycles.